The summed E-state index contributed by atoms with van der Waals surface area (Å²) in [7, 11) is 0. The molecule has 4 nitrogen and oxygen atoms in total. The predicted octanol–water partition coefficient (Wildman–Crippen LogP) is 3.05. The van der Waals surface area contributed by atoms with Crippen molar-refractivity contribution >= 4 is 11.6 Å². The number of halogens is 1. The molecule has 1 fully saturated rings. The Morgan fingerprint density at radius 3 is 2.74 bits per heavy atom. The zero-order valence-electron chi connectivity index (χ0n) is 11.2. The molecule has 0 spiro atoms. The zero-order chi connectivity index (χ0) is 13.4. The number of nitrogens with zero attached hydrogens (tertiary/aromatic N) is 2. The summed E-state index contributed by atoms with van der Waals surface area (Å²) in [5, 5.41) is 8.58. The van der Waals surface area contributed by atoms with Crippen LogP contribution in [0.2, 0.25) is 5.02 Å². The average Bonchev–Trinajstić information content (AvgIpc) is 3.08. The summed E-state index contributed by atoms with van der Waals surface area (Å²) in [6.07, 6.45) is 2.58. The second kappa shape index (κ2) is 5.02. The number of aromatic nitrogens is 2. The molecular formula is C14H18ClN3O. The van der Waals surface area contributed by atoms with E-state index in [0.717, 1.165) is 34.5 Å². The van der Waals surface area contributed by atoms with E-state index < -0.39 is 0 Å². The molecule has 2 aromatic rings. The quantitative estimate of drug-likeness (QED) is 0.915. The molecule has 0 radical (unpaired) electrons. The highest BCUT2D eigenvalue weighted by Crippen LogP contribution is 2.21. The van der Waals surface area contributed by atoms with Crippen LogP contribution < -0.4 is 5.32 Å². The zero-order valence-corrected chi connectivity index (χ0v) is 12.0. The lowest BCUT2D eigenvalue weighted by Crippen LogP contribution is -2.14. The number of rotatable bonds is 5. The fourth-order valence-electron chi connectivity index (χ4n) is 2.11. The molecule has 0 bridgehead atoms. The lowest BCUT2D eigenvalue weighted by molar-refractivity contribution is 0.427. The first kappa shape index (κ1) is 12.8. The van der Waals surface area contributed by atoms with Crippen LogP contribution >= 0.6 is 11.6 Å². The van der Waals surface area contributed by atoms with Crippen molar-refractivity contribution in [2.45, 2.75) is 45.8 Å². The molecule has 1 aliphatic carbocycles. The number of aryl methyl sites for hydroxylation is 1. The third-order valence-electron chi connectivity index (χ3n) is 3.46. The first-order valence-corrected chi connectivity index (χ1v) is 7.02. The maximum absolute atomic E-state index is 6.14. The summed E-state index contributed by atoms with van der Waals surface area (Å²) in [4.78, 5) is 0. The molecule has 0 amide bonds. The molecule has 1 N–H and O–H groups in total. The molecule has 3 rings (SSSR count). The molecule has 1 aliphatic rings. The highest BCUT2D eigenvalue weighted by atomic mass is 35.5. The minimum absolute atomic E-state index is 0.628. The third kappa shape index (κ3) is 2.85. The normalized spacial score (nSPS) is 15.1. The fourth-order valence-corrected chi connectivity index (χ4v) is 2.25. The van der Waals surface area contributed by atoms with Crippen LogP contribution in [0.15, 0.2) is 16.5 Å². The van der Waals surface area contributed by atoms with Gasteiger partial charge in [-0.15, -0.1) is 0 Å². The van der Waals surface area contributed by atoms with Crippen molar-refractivity contribution in [2.75, 3.05) is 0 Å². The summed E-state index contributed by atoms with van der Waals surface area (Å²) >= 11 is 6.14. The molecule has 1 saturated carbocycles. The number of hydrogen-bond donors (Lipinski definition) is 1. The smallest absolute Gasteiger partial charge is 0.125 e. The van der Waals surface area contributed by atoms with Gasteiger partial charge in [0.1, 0.15) is 11.5 Å². The molecule has 0 atom stereocenters. The van der Waals surface area contributed by atoms with Crippen LogP contribution in [-0.2, 0) is 13.1 Å². The van der Waals surface area contributed by atoms with E-state index in [2.05, 4.69) is 10.4 Å². The molecule has 0 aliphatic heterocycles. The summed E-state index contributed by atoms with van der Waals surface area (Å²) < 4.78 is 7.69. The second-order valence-electron chi connectivity index (χ2n) is 5.17. The Hall–Kier alpha value is -1.26. The lowest BCUT2D eigenvalue weighted by Gasteiger charge is -2.02. The lowest BCUT2D eigenvalue weighted by atomic mass is 10.4. The predicted molar refractivity (Wildman–Crippen MR) is 74.4 cm³/mol. The van der Waals surface area contributed by atoms with Gasteiger partial charge in [0.25, 0.3) is 0 Å². The second-order valence-corrected chi connectivity index (χ2v) is 5.54. The Morgan fingerprint density at radius 2 is 2.11 bits per heavy atom. The molecule has 2 heterocycles. The van der Waals surface area contributed by atoms with Crippen LogP contribution in [0.1, 0.15) is 35.7 Å². The van der Waals surface area contributed by atoms with E-state index in [4.69, 9.17) is 16.0 Å². The van der Waals surface area contributed by atoms with E-state index in [0.29, 0.717) is 12.6 Å². The van der Waals surface area contributed by atoms with Gasteiger partial charge in [-0.2, -0.15) is 5.10 Å². The van der Waals surface area contributed by atoms with Gasteiger partial charge in [-0.25, -0.2) is 0 Å². The minimum Gasteiger partial charge on any atom is -0.463 e. The van der Waals surface area contributed by atoms with Gasteiger partial charge < -0.3 is 9.73 Å². The van der Waals surface area contributed by atoms with Gasteiger partial charge in [-0.05, 0) is 38.8 Å². The molecule has 2 aromatic heterocycles. The van der Waals surface area contributed by atoms with Crippen LogP contribution in [0, 0.1) is 13.8 Å². The van der Waals surface area contributed by atoms with Gasteiger partial charge in [0, 0.05) is 6.04 Å². The van der Waals surface area contributed by atoms with Crippen LogP contribution in [0.5, 0.6) is 0 Å². The van der Waals surface area contributed by atoms with Crippen molar-refractivity contribution in [2.24, 2.45) is 0 Å². The maximum atomic E-state index is 6.14. The van der Waals surface area contributed by atoms with Crippen LogP contribution in [0.25, 0.3) is 0 Å². The standard InChI is InChI=1S/C14H18ClN3O/c1-9-14(15)10(2)18(17-9)8-13-6-5-12(19-13)7-16-11-3-4-11/h5-6,11,16H,3-4,7-8H2,1-2H3. The van der Waals surface area contributed by atoms with E-state index in [1.165, 1.54) is 12.8 Å². The van der Waals surface area contributed by atoms with E-state index in [9.17, 15) is 0 Å². The summed E-state index contributed by atoms with van der Waals surface area (Å²) in [6, 6.07) is 4.73. The van der Waals surface area contributed by atoms with Crippen molar-refractivity contribution in [1.82, 2.24) is 15.1 Å². The molecule has 0 unspecified atom stereocenters. The first-order valence-electron chi connectivity index (χ1n) is 6.64. The van der Waals surface area contributed by atoms with Crippen molar-refractivity contribution in [3.63, 3.8) is 0 Å². The van der Waals surface area contributed by atoms with Crippen LogP contribution in [0.4, 0.5) is 0 Å². The highest BCUT2D eigenvalue weighted by molar-refractivity contribution is 6.31. The van der Waals surface area contributed by atoms with Crippen LogP contribution in [-0.4, -0.2) is 15.8 Å². The largest absolute Gasteiger partial charge is 0.463 e. The Kier molecular flexibility index (Phi) is 3.37. The molecule has 0 aromatic carbocycles. The SMILES string of the molecule is Cc1nn(Cc2ccc(CNC3CC3)o2)c(C)c1Cl. The molecule has 19 heavy (non-hydrogen) atoms. The van der Waals surface area contributed by atoms with Crippen molar-refractivity contribution < 1.29 is 4.42 Å². The van der Waals surface area contributed by atoms with E-state index in [-0.39, 0.29) is 0 Å². The minimum atomic E-state index is 0.628. The molecular weight excluding hydrogens is 262 g/mol. The monoisotopic (exact) mass is 279 g/mol. The average molecular weight is 280 g/mol. The van der Waals surface area contributed by atoms with Gasteiger partial charge in [-0.3, -0.25) is 4.68 Å². The first-order chi connectivity index (χ1) is 9.13. The highest BCUT2D eigenvalue weighted by Gasteiger charge is 2.20. The van der Waals surface area contributed by atoms with Gasteiger partial charge in [0.05, 0.1) is 29.5 Å². The fraction of sp³-hybridized carbons (Fsp3) is 0.500. The van der Waals surface area contributed by atoms with Gasteiger partial charge in [-0.1, -0.05) is 11.6 Å². The third-order valence-corrected chi connectivity index (χ3v) is 4.01. The Bertz CT molecular complexity index is 584. The molecule has 5 heteroatoms. The number of nitrogens with one attached hydrogen (secondary N) is 1. The van der Waals surface area contributed by atoms with Crippen molar-refractivity contribution in [3.8, 4) is 0 Å². The molecule has 0 saturated heterocycles. The van der Waals surface area contributed by atoms with E-state index in [1.807, 2.05) is 30.7 Å². The van der Waals surface area contributed by atoms with E-state index in [1.54, 1.807) is 0 Å². The summed E-state index contributed by atoms with van der Waals surface area (Å²) in [5.41, 5.74) is 1.84. The molecule has 102 valence electrons. The van der Waals surface area contributed by atoms with E-state index >= 15 is 0 Å². The summed E-state index contributed by atoms with van der Waals surface area (Å²) in [5.74, 6) is 1.89. The Balaban J connectivity index is 1.66. The van der Waals surface area contributed by atoms with Gasteiger partial charge in [0.15, 0.2) is 0 Å². The maximum Gasteiger partial charge on any atom is 0.125 e. The van der Waals surface area contributed by atoms with Gasteiger partial charge >= 0.3 is 0 Å². The van der Waals surface area contributed by atoms with Crippen LogP contribution in [0.3, 0.4) is 0 Å². The Labute approximate surface area is 117 Å². The topological polar surface area (TPSA) is 43.0 Å². The number of hydrogen-bond acceptors (Lipinski definition) is 3. The number of furan rings is 1. The van der Waals surface area contributed by atoms with Crippen molar-refractivity contribution in [1.29, 1.82) is 0 Å². The summed E-state index contributed by atoms with van der Waals surface area (Å²) in [6.45, 7) is 5.32. The van der Waals surface area contributed by atoms with Crippen molar-refractivity contribution in [3.05, 3.63) is 40.1 Å². The Morgan fingerprint density at radius 1 is 1.37 bits per heavy atom. The van der Waals surface area contributed by atoms with Gasteiger partial charge in [0.2, 0.25) is 0 Å².